The Morgan fingerprint density at radius 1 is 0.833 bits per heavy atom. The van der Waals surface area contributed by atoms with Crippen LogP contribution in [-0.4, -0.2) is 53.2 Å². The van der Waals surface area contributed by atoms with E-state index < -0.39 is 23.6 Å². The van der Waals surface area contributed by atoms with Gasteiger partial charge in [0.2, 0.25) is 11.6 Å². The van der Waals surface area contributed by atoms with E-state index in [0.29, 0.717) is 0 Å². The van der Waals surface area contributed by atoms with Crippen molar-refractivity contribution in [3.8, 4) is 0 Å². The molecular formula is C4H10N10O4. The number of hydrogen-bond acceptors (Lipinski definition) is 10. The Bertz CT molecular complexity index is 406. The van der Waals surface area contributed by atoms with Crippen molar-refractivity contribution in [1.82, 2.24) is 53.5 Å². The molecule has 2 aromatic heterocycles. The largest absolute Gasteiger partial charge is 0.541 e. The van der Waals surface area contributed by atoms with Crippen molar-refractivity contribution in [2.24, 2.45) is 0 Å². The summed E-state index contributed by atoms with van der Waals surface area (Å²) < 4.78 is 0. The number of rotatable bonds is 2. The molecular weight excluding hydrogens is 252 g/mol. The predicted molar refractivity (Wildman–Crippen MR) is 49.0 cm³/mol. The lowest BCUT2D eigenvalue weighted by Gasteiger charge is -1.86. The molecule has 2 rings (SSSR count). The van der Waals surface area contributed by atoms with Crippen LogP contribution in [0, 0.1) is 0 Å². The molecule has 0 atom stereocenters. The predicted octanol–water partition coefficient (Wildman–Crippen LogP) is -4.12. The third kappa shape index (κ3) is 5.19. The number of tetrazole rings is 2. The maximum Gasteiger partial charge on any atom is 0.220 e. The first-order chi connectivity index (χ1) is 7.61. The lowest BCUT2D eigenvalue weighted by atomic mass is 10.7. The van der Waals surface area contributed by atoms with Crippen LogP contribution in [-0.2, 0) is 0 Å². The van der Waals surface area contributed by atoms with Crippen LogP contribution in [0.4, 0.5) is 0 Å². The molecule has 14 nitrogen and oxygen atoms in total. The van der Waals surface area contributed by atoms with Gasteiger partial charge in [-0.25, -0.2) is 0 Å². The van der Waals surface area contributed by atoms with E-state index >= 15 is 0 Å². The Hall–Kier alpha value is -3.00. The minimum atomic E-state index is -1.43. The summed E-state index contributed by atoms with van der Waals surface area (Å²) in [6.07, 6.45) is 0. The molecule has 0 bridgehead atoms. The van der Waals surface area contributed by atoms with Crippen molar-refractivity contribution < 1.29 is 19.8 Å². The smallest absolute Gasteiger partial charge is 0.220 e. The van der Waals surface area contributed by atoms with E-state index in [2.05, 4.69) is 30.8 Å². The highest BCUT2D eigenvalue weighted by atomic mass is 16.4. The highest BCUT2D eigenvalue weighted by Crippen LogP contribution is 1.75. The van der Waals surface area contributed by atoms with Crippen molar-refractivity contribution in [3.05, 3.63) is 11.6 Å². The summed E-state index contributed by atoms with van der Waals surface area (Å²) in [5, 5.41) is 41.9. The van der Waals surface area contributed by atoms with Gasteiger partial charge in [-0.05, 0) is 10.4 Å². The Labute approximate surface area is 98.0 Å². The van der Waals surface area contributed by atoms with Crippen LogP contribution in [0.2, 0.25) is 0 Å². The lowest BCUT2D eigenvalue weighted by Crippen LogP contribution is -2.23. The van der Waals surface area contributed by atoms with Crippen LogP contribution >= 0.6 is 0 Å². The molecule has 100 valence electrons. The van der Waals surface area contributed by atoms with E-state index in [-0.39, 0.29) is 12.3 Å². The third-order valence-electron chi connectivity index (χ3n) is 1.06. The minimum Gasteiger partial charge on any atom is -0.541 e. The summed E-state index contributed by atoms with van der Waals surface area (Å²) in [5.41, 5.74) is 0. The summed E-state index contributed by atoms with van der Waals surface area (Å²) >= 11 is 0. The fraction of sp³-hybridized carbons (Fsp3) is 0. The van der Waals surface area contributed by atoms with Crippen molar-refractivity contribution in [2.75, 3.05) is 0 Å². The highest BCUT2D eigenvalue weighted by molar-refractivity contribution is 5.80. The SMILES string of the molecule is O=C([O-])c1nn[nH]n1.O=C([O-])c1nn[nH]n1.[NH4+].[NH4+]. The quantitative estimate of drug-likeness (QED) is 0.405. The fourth-order valence-electron chi connectivity index (χ4n) is 0.497. The zero-order valence-electron chi connectivity index (χ0n) is 9.32. The van der Waals surface area contributed by atoms with E-state index in [0.717, 1.165) is 0 Å². The molecule has 0 saturated carbocycles. The standard InChI is InChI=1S/2C2H2N4O2.2H3N/c2*7-2(8)1-3-5-6-4-1;;/h2*(H,7,8)(H,3,4,5,6);2*1H3. The normalized spacial score (nSPS) is 8.00. The summed E-state index contributed by atoms with van der Waals surface area (Å²) in [6, 6.07) is 0. The van der Waals surface area contributed by atoms with Crippen LogP contribution in [0.3, 0.4) is 0 Å². The molecule has 2 heterocycles. The van der Waals surface area contributed by atoms with Crippen LogP contribution in [0.5, 0.6) is 0 Å². The molecule has 14 heteroatoms. The average Bonchev–Trinajstić information content (AvgIpc) is 2.93. The molecule has 0 amide bonds. The van der Waals surface area contributed by atoms with Gasteiger partial charge in [-0.1, -0.05) is 0 Å². The van der Waals surface area contributed by atoms with E-state index in [1.54, 1.807) is 0 Å². The van der Waals surface area contributed by atoms with Crippen molar-refractivity contribution in [2.45, 2.75) is 0 Å². The van der Waals surface area contributed by atoms with Gasteiger partial charge in [0, 0.05) is 0 Å². The number of nitrogens with zero attached hydrogens (tertiary/aromatic N) is 6. The minimum absolute atomic E-state index is 0. The summed E-state index contributed by atoms with van der Waals surface area (Å²) in [5.74, 6) is -3.72. The van der Waals surface area contributed by atoms with Gasteiger partial charge in [0.25, 0.3) is 0 Å². The van der Waals surface area contributed by atoms with Gasteiger partial charge in [-0.3, -0.25) is 0 Å². The van der Waals surface area contributed by atoms with Crippen LogP contribution < -0.4 is 22.5 Å². The van der Waals surface area contributed by atoms with Gasteiger partial charge in [-0.2, -0.15) is 10.4 Å². The summed E-state index contributed by atoms with van der Waals surface area (Å²) in [4.78, 5) is 19.5. The molecule has 0 spiro atoms. The van der Waals surface area contributed by atoms with Gasteiger partial charge in [0.15, 0.2) is 0 Å². The van der Waals surface area contributed by atoms with Gasteiger partial charge in [-0.15, -0.1) is 20.4 Å². The average molecular weight is 262 g/mol. The second kappa shape index (κ2) is 8.19. The Kier molecular flexibility index (Phi) is 7.91. The van der Waals surface area contributed by atoms with E-state index in [1.165, 1.54) is 0 Å². The number of carbonyl (C=O) groups is 2. The molecule has 10 N–H and O–H groups in total. The second-order valence-electron chi connectivity index (χ2n) is 2.05. The molecule has 0 aliphatic heterocycles. The highest BCUT2D eigenvalue weighted by Gasteiger charge is 1.94. The van der Waals surface area contributed by atoms with Gasteiger partial charge in [0.05, 0.1) is 0 Å². The summed E-state index contributed by atoms with van der Waals surface area (Å²) in [6.45, 7) is 0. The first-order valence-corrected chi connectivity index (χ1v) is 3.51. The summed E-state index contributed by atoms with van der Waals surface area (Å²) in [7, 11) is 0. The van der Waals surface area contributed by atoms with E-state index in [1.807, 2.05) is 10.4 Å². The number of carboxylic acids is 2. The van der Waals surface area contributed by atoms with Crippen LogP contribution in [0.15, 0.2) is 0 Å². The molecule has 0 aliphatic rings. The molecule has 0 aromatic carbocycles. The van der Waals surface area contributed by atoms with Crippen molar-refractivity contribution in [3.63, 3.8) is 0 Å². The monoisotopic (exact) mass is 262 g/mol. The first kappa shape index (κ1) is 17.4. The molecule has 0 aliphatic carbocycles. The van der Waals surface area contributed by atoms with Crippen molar-refractivity contribution >= 4 is 11.9 Å². The maximum atomic E-state index is 9.77. The molecule has 0 fully saturated rings. The van der Waals surface area contributed by atoms with E-state index in [4.69, 9.17) is 0 Å². The Morgan fingerprint density at radius 3 is 1.28 bits per heavy atom. The number of carboxylic acid groups (broad SMARTS) is 2. The zero-order chi connectivity index (χ0) is 12.0. The Morgan fingerprint density at radius 2 is 1.17 bits per heavy atom. The van der Waals surface area contributed by atoms with Crippen LogP contribution in [0.25, 0.3) is 0 Å². The molecule has 0 saturated heterocycles. The zero-order valence-corrected chi connectivity index (χ0v) is 9.32. The first-order valence-electron chi connectivity index (χ1n) is 3.51. The molecule has 0 radical (unpaired) electrons. The molecule has 0 unspecified atom stereocenters. The fourth-order valence-corrected chi connectivity index (χ4v) is 0.497. The number of aromatic nitrogens is 8. The van der Waals surface area contributed by atoms with Crippen LogP contribution in [0.1, 0.15) is 21.2 Å². The number of aromatic amines is 2. The van der Waals surface area contributed by atoms with Crippen molar-refractivity contribution in [1.29, 1.82) is 0 Å². The number of carbonyl (C=O) groups excluding carboxylic acids is 2. The number of nitrogens with one attached hydrogen (secondary N) is 2. The van der Waals surface area contributed by atoms with Gasteiger partial charge < -0.3 is 32.1 Å². The molecule has 2 aromatic rings. The maximum absolute atomic E-state index is 9.77. The lowest BCUT2D eigenvalue weighted by molar-refractivity contribution is -0.257. The number of quaternary nitrogens is 2. The van der Waals surface area contributed by atoms with Gasteiger partial charge >= 0.3 is 0 Å². The second-order valence-corrected chi connectivity index (χ2v) is 2.05. The molecule has 18 heavy (non-hydrogen) atoms. The third-order valence-corrected chi connectivity index (χ3v) is 1.06. The van der Waals surface area contributed by atoms with E-state index in [9.17, 15) is 19.8 Å². The number of H-pyrrole nitrogens is 2. The number of hydrogen-bond donors (Lipinski definition) is 4. The topological polar surface area (TPSA) is 262 Å². The number of aromatic carboxylic acids is 2. The van der Waals surface area contributed by atoms with Gasteiger partial charge in [0.1, 0.15) is 11.9 Å². The Balaban J connectivity index is 0.